The second-order valence-corrected chi connectivity index (χ2v) is 5.62. The van der Waals surface area contributed by atoms with Gasteiger partial charge in [0.15, 0.2) is 5.78 Å². The largest absolute Gasteiger partial charge is 0.369 e. The summed E-state index contributed by atoms with van der Waals surface area (Å²) in [5.41, 5.74) is 2.01. The summed E-state index contributed by atoms with van der Waals surface area (Å²) in [6.45, 7) is 2.08. The molecule has 3 aliphatic rings. The molecule has 0 aliphatic carbocycles. The van der Waals surface area contributed by atoms with Crippen molar-refractivity contribution in [3.63, 3.8) is 0 Å². The van der Waals surface area contributed by atoms with Crippen LogP contribution in [0.1, 0.15) is 18.4 Å². The molecule has 1 aromatic rings. The van der Waals surface area contributed by atoms with Gasteiger partial charge in [-0.2, -0.15) is 0 Å². The molecule has 0 radical (unpaired) electrons. The first kappa shape index (κ1) is 11.0. The second kappa shape index (κ2) is 4.30. The SMILES string of the molecule is O=C1C(=Cc2ccc(Br)cc2)N2CCC1CC2. The summed E-state index contributed by atoms with van der Waals surface area (Å²) in [5, 5.41) is 0. The number of Topliss-reactive ketones (excluding diaryl/α,β-unsaturated/α-hetero) is 1. The van der Waals surface area contributed by atoms with Crippen LogP contribution in [-0.4, -0.2) is 23.8 Å². The predicted octanol–water partition coefficient (Wildman–Crippen LogP) is 3.08. The number of nitrogens with zero attached hydrogens (tertiary/aromatic N) is 1. The fraction of sp³-hybridized carbons (Fsp3) is 0.357. The van der Waals surface area contributed by atoms with E-state index in [1.165, 1.54) is 0 Å². The molecule has 3 heterocycles. The molecule has 0 saturated carbocycles. The van der Waals surface area contributed by atoms with Crippen molar-refractivity contribution in [3.8, 4) is 0 Å². The topological polar surface area (TPSA) is 20.3 Å². The molecule has 0 aromatic heterocycles. The van der Waals surface area contributed by atoms with Crippen LogP contribution in [-0.2, 0) is 4.79 Å². The Bertz CT molecular complexity index is 470. The fourth-order valence-corrected chi connectivity index (χ4v) is 2.89. The van der Waals surface area contributed by atoms with Crippen LogP contribution < -0.4 is 0 Å². The number of piperidine rings is 3. The maximum Gasteiger partial charge on any atom is 0.182 e. The third kappa shape index (κ3) is 2.04. The first-order chi connectivity index (χ1) is 8.24. The molecule has 3 heteroatoms. The van der Waals surface area contributed by atoms with E-state index in [-0.39, 0.29) is 5.92 Å². The lowest BCUT2D eigenvalue weighted by Gasteiger charge is -2.41. The summed E-state index contributed by atoms with van der Waals surface area (Å²) in [5.74, 6) is 0.618. The third-order valence-corrected chi connectivity index (χ3v) is 4.16. The van der Waals surface area contributed by atoms with Crippen molar-refractivity contribution >= 4 is 27.8 Å². The van der Waals surface area contributed by atoms with Gasteiger partial charge in [-0.15, -0.1) is 0 Å². The molecule has 0 unspecified atom stereocenters. The van der Waals surface area contributed by atoms with Gasteiger partial charge in [0, 0.05) is 23.5 Å². The number of fused-ring (bicyclic) bond motifs is 3. The van der Waals surface area contributed by atoms with E-state index in [2.05, 4.69) is 20.8 Å². The van der Waals surface area contributed by atoms with Gasteiger partial charge in [-0.3, -0.25) is 4.79 Å². The summed E-state index contributed by atoms with van der Waals surface area (Å²) >= 11 is 3.42. The standard InChI is InChI=1S/C14H14BrNO/c15-12-3-1-10(2-4-12)9-13-14(17)11-5-7-16(13)8-6-11/h1-4,9,11H,5-8H2. The molecular weight excluding hydrogens is 278 g/mol. The Morgan fingerprint density at radius 1 is 1.18 bits per heavy atom. The zero-order valence-corrected chi connectivity index (χ0v) is 11.1. The van der Waals surface area contributed by atoms with Crippen molar-refractivity contribution < 1.29 is 4.79 Å². The highest BCUT2D eigenvalue weighted by atomic mass is 79.9. The van der Waals surface area contributed by atoms with E-state index in [1.54, 1.807) is 0 Å². The molecule has 2 nitrogen and oxygen atoms in total. The highest BCUT2D eigenvalue weighted by Crippen LogP contribution is 2.32. The van der Waals surface area contributed by atoms with Gasteiger partial charge in [0.25, 0.3) is 0 Å². The lowest BCUT2D eigenvalue weighted by molar-refractivity contribution is -0.125. The van der Waals surface area contributed by atoms with Gasteiger partial charge in [0.1, 0.15) is 0 Å². The molecule has 0 spiro atoms. The van der Waals surface area contributed by atoms with E-state index >= 15 is 0 Å². The van der Waals surface area contributed by atoms with Crippen LogP contribution in [0.15, 0.2) is 34.4 Å². The van der Waals surface area contributed by atoms with Crippen LogP contribution in [0.2, 0.25) is 0 Å². The monoisotopic (exact) mass is 291 g/mol. The maximum atomic E-state index is 12.1. The Kier molecular flexibility index (Phi) is 2.79. The van der Waals surface area contributed by atoms with Crippen LogP contribution in [0.5, 0.6) is 0 Å². The molecule has 0 atom stereocenters. The molecule has 4 rings (SSSR count). The average Bonchev–Trinajstić information content (AvgIpc) is 2.37. The van der Waals surface area contributed by atoms with Gasteiger partial charge in [-0.05, 0) is 36.6 Å². The number of benzene rings is 1. The highest BCUT2D eigenvalue weighted by Gasteiger charge is 2.36. The Labute approximate surface area is 109 Å². The van der Waals surface area contributed by atoms with E-state index in [9.17, 15) is 4.79 Å². The van der Waals surface area contributed by atoms with Crippen LogP contribution in [0.25, 0.3) is 6.08 Å². The Balaban J connectivity index is 1.93. The van der Waals surface area contributed by atoms with E-state index in [0.29, 0.717) is 5.78 Å². The number of ketones is 1. The van der Waals surface area contributed by atoms with Crippen LogP contribution in [0, 0.1) is 5.92 Å². The lowest BCUT2D eigenvalue weighted by atomic mass is 9.84. The minimum atomic E-state index is 0.279. The predicted molar refractivity (Wildman–Crippen MR) is 71.4 cm³/mol. The van der Waals surface area contributed by atoms with Crippen LogP contribution >= 0.6 is 15.9 Å². The van der Waals surface area contributed by atoms with Crippen LogP contribution in [0.3, 0.4) is 0 Å². The molecule has 88 valence electrons. The Morgan fingerprint density at radius 3 is 2.41 bits per heavy atom. The van der Waals surface area contributed by atoms with Gasteiger partial charge in [-0.1, -0.05) is 28.1 Å². The molecular formula is C14H14BrNO. The molecule has 0 amide bonds. The van der Waals surface area contributed by atoms with E-state index in [0.717, 1.165) is 41.7 Å². The van der Waals surface area contributed by atoms with E-state index in [4.69, 9.17) is 0 Å². The normalized spacial score (nSPS) is 22.5. The minimum absolute atomic E-state index is 0.279. The molecule has 2 bridgehead atoms. The first-order valence-corrected chi connectivity index (χ1v) is 6.80. The second-order valence-electron chi connectivity index (χ2n) is 4.71. The number of carbonyl (C=O) groups excluding carboxylic acids is 1. The number of carbonyl (C=O) groups is 1. The molecule has 0 N–H and O–H groups in total. The average molecular weight is 292 g/mol. The van der Waals surface area contributed by atoms with Gasteiger partial charge < -0.3 is 4.90 Å². The van der Waals surface area contributed by atoms with Crippen molar-refractivity contribution in [3.05, 3.63) is 40.0 Å². The molecule has 3 fully saturated rings. The summed E-state index contributed by atoms with van der Waals surface area (Å²) in [6, 6.07) is 8.09. The fourth-order valence-electron chi connectivity index (χ4n) is 2.63. The molecule has 3 saturated heterocycles. The Morgan fingerprint density at radius 2 is 1.82 bits per heavy atom. The van der Waals surface area contributed by atoms with E-state index < -0.39 is 0 Å². The minimum Gasteiger partial charge on any atom is -0.369 e. The zero-order chi connectivity index (χ0) is 11.8. The molecule has 1 aromatic carbocycles. The highest BCUT2D eigenvalue weighted by molar-refractivity contribution is 9.10. The maximum absolute atomic E-state index is 12.1. The van der Waals surface area contributed by atoms with Crippen molar-refractivity contribution in [2.24, 2.45) is 5.92 Å². The summed E-state index contributed by atoms with van der Waals surface area (Å²) in [7, 11) is 0. The van der Waals surface area contributed by atoms with Gasteiger partial charge in [-0.25, -0.2) is 0 Å². The van der Waals surface area contributed by atoms with Gasteiger partial charge in [0.2, 0.25) is 0 Å². The quantitative estimate of drug-likeness (QED) is 0.741. The lowest BCUT2D eigenvalue weighted by Crippen LogP contribution is -2.45. The number of allylic oxidation sites excluding steroid dienone is 1. The number of hydrogen-bond donors (Lipinski definition) is 0. The molecule has 3 aliphatic heterocycles. The zero-order valence-electron chi connectivity index (χ0n) is 9.53. The summed E-state index contributed by atoms with van der Waals surface area (Å²) in [4.78, 5) is 14.4. The Hall–Kier alpha value is -1.09. The summed E-state index contributed by atoms with van der Waals surface area (Å²) in [6.07, 6.45) is 4.10. The summed E-state index contributed by atoms with van der Waals surface area (Å²) < 4.78 is 1.07. The van der Waals surface area contributed by atoms with Crippen molar-refractivity contribution in [1.29, 1.82) is 0 Å². The van der Waals surface area contributed by atoms with Crippen molar-refractivity contribution in [1.82, 2.24) is 4.90 Å². The number of hydrogen-bond acceptors (Lipinski definition) is 2. The number of halogens is 1. The van der Waals surface area contributed by atoms with Gasteiger partial charge >= 0.3 is 0 Å². The first-order valence-electron chi connectivity index (χ1n) is 6.00. The van der Waals surface area contributed by atoms with Gasteiger partial charge in [0.05, 0.1) is 5.70 Å². The number of rotatable bonds is 1. The smallest absolute Gasteiger partial charge is 0.182 e. The third-order valence-electron chi connectivity index (χ3n) is 3.63. The molecule has 17 heavy (non-hydrogen) atoms. The van der Waals surface area contributed by atoms with Crippen LogP contribution in [0.4, 0.5) is 0 Å². The van der Waals surface area contributed by atoms with Crippen molar-refractivity contribution in [2.45, 2.75) is 12.8 Å². The van der Waals surface area contributed by atoms with E-state index in [1.807, 2.05) is 30.3 Å². The van der Waals surface area contributed by atoms with Crippen molar-refractivity contribution in [2.75, 3.05) is 13.1 Å².